The van der Waals surface area contributed by atoms with E-state index in [9.17, 15) is 0 Å². The molecule has 0 amide bonds. The van der Waals surface area contributed by atoms with Crippen LogP contribution in [0.25, 0.3) is 21.8 Å². The van der Waals surface area contributed by atoms with Crippen LogP contribution in [-0.4, -0.2) is 21.7 Å². The van der Waals surface area contributed by atoms with Crippen molar-refractivity contribution in [3.63, 3.8) is 0 Å². The molecule has 2 heterocycles. The Morgan fingerprint density at radius 1 is 0.962 bits per heavy atom. The normalized spacial score (nSPS) is 11.4. The molecule has 2 aromatic heterocycles. The monoisotopic (exact) mass is 405 g/mol. The first kappa shape index (κ1) is 17.4. The number of hydrogen-bond acceptors (Lipinski definition) is 4. The number of H-pyrrole nitrogens is 1. The molecule has 0 saturated carbocycles. The average molecular weight is 407 g/mol. The minimum absolute atomic E-state index is 0.345. The van der Waals surface area contributed by atoms with Gasteiger partial charge < -0.3 is 16.0 Å². The molecule has 0 bridgehead atoms. The summed E-state index contributed by atoms with van der Waals surface area (Å²) in [6, 6.07) is 11.2. The molecule has 4 rings (SSSR count). The quantitative estimate of drug-likeness (QED) is 0.429. The lowest BCUT2D eigenvalue weighted by atomic mass is 10.0. The van der Waals surface area contributed by atoms with Gasteiger partial charge in [-0.05, 0) is 54.9 Å². The highest BCUT2D eigenvalue weighted by Gasteiger charge is 2.13. The van der Waals surface area contributed by atoms with Crippen LogP contribution in [0, 0.1) is 0 Å². The molecule has 26 heavy (non-hydrogen) atoms. The van der Waals surface area contributed by atoms with E-state index in [1.807, 2.05) is 24.3 Å². The number of nitrogens with zero attached hydrogens (tertiary/aromatic N) is 2. The van der Waals surface area contributed by atoms with E-state index in [-0.39, 0.29) is 0 Å². The fourth-order valence-electron chi connectivity index (χ4n) is 3.03. The molecule has 0 saturated heterocycles. The van der Waals surface area contributed by atoms with Crippen molar-refractivity contribution in [1.29, 1.82) is 0 Å². The van der Waals surface area contributed by atoms with Crippen molar-refractivity contribution in [2.45, 2.75) is 6.42 Å². The van der Waals surface area contributed by atoms with E-state index in [4.69, 9.17) is 40.5 Å². The third kappa shape index (κ3) is 3.19. The van der Waals surface area contributed by atoms with Gasteiger partial charge >= 0.3 is 0 Å². The summed E-state index contributed by atoms with van der Waals surface area (Å²) in [6.45, 7) is 0.538. The van der Waals surface area contributed by atoms with Crippen LogP contribution in [0.2, 0.25) is 15.2 Å². The number of nitrogens with two attached hydrogens (primary N) is 1. The van der Waals surface area contributed by atoms with Gasteiger partial charge in [0, 0.05) is 27.5 Å². The van der Waals surface area contributed by atoms with Crippen LogP contribution >= 0.6 is 34.8 Å². The summed E-state index contributed by atoms with van der Waals surface area (Å²) < 4.78 is 0. The lowest BCUT2D eigenvalue weighted by molar-refractivity contribution is 0.975. The smallest absolute Gasteiger partial charge is 0.153 e. The van der Waals surface area contributed by atoms with Gasteiger partial charge in [-0.2, -0.15) is 0 Å². The SMILES string of the molecule is NCCc1cc(Nc2ccc(Cl)nn2)cc2c1[nH]c1cc(Cl)c(Cl)cc12. The van der Waals surface area contributed by atoms with Gasteiger partial charge in [-0.1, -0.05) is 34.8 Å². The molecule has 4 N–H and O–H groups in total. The Balaban J connectivity index is 1.89. The van der Waals surface area contributed by atoms with Gasteiger partial charge in [-0.15, -0.1) is 10.2 Å². The molecule has 2 aromatic carbocycles. The van der Waals surface area contributed by atoms with Crippen LogP contribution in [-0.2, 0) is 6.42 Å². The molecule has 0 aliphatic heterocycles. The van der Waals surface area contributed by atoms with E-state index in [0.717, 1.165) is 39.5 Å². The maximum absolute atomic E-state index is 6.22. The lowest BCUT2D eigenvalue weighted by Crippen LogP contribution is -2.04. The minimum atomic E-state index is 0.345. The predicted octanol–water partition coefficient (Wildman–Crippen LogP) is 5.32. The van der Waals surface area contributed by atoms with Crippen LogP contribution in [0.3, 0.4) is 0 Å². The summed E-state index contributed by atoms with van der Waals surface area (Å²) in [5.41, 5.74) is 9.73. The summed E-state index contributed by atoms with van der Waals surface area (Å²) in [5.74, 6) is 0.605. The molecule has 0 aliphatic rings. The molecule has 0 aliphatic carbocycles. The lowest BCUT2D eigenvalue weighted by Gasteiger charge is -2.09. The first-order valence-electron chi connectivity index (χ1n) is 7.95. The standard InChI is InChI=1S/C18H14Cl3N5/c19-13-7-11-12-6-10(23-17-2-1-16(21)25-26-17)5-9(3-4-22)18(12)24-15(11)8-14(13)20/h1-2,5-8,24H,3-4,22H2,(H,23,26). The summed E-state index contributed by atoms with van der Waals surface area (Å²) >= 11 is 18.2. The molecule has 0 atom stereocenters. The van der Waals surface area contributed by atoms with Crippen LogP contribution in [0.4, 0.5) is 11.5 Å². The second-order valence-electron chi connectivity index (χ2n) is 5.90. The number of halogens is 3. The zero-order valence-corrected chi connectivity index (χ0v) is 15.8. The number of fused-ring (bicyclic) bond motifs is 3. The van der Waals surface area contributed by atoms with Gasteiger partial charge in [0.25, 0.3) is 0 Å². The van der Waals surface area contributed by atoms with E-state index >= 15 is 0 Å². The highest BCUT2D eigenvalue weighted by molar-refractivity contribution is 6.43. The molecule has 0 fully saturated rings. The molecule has 0 radical (unpaired) electrons. The predicted molar refractivity (Wildman–Crippen MR) is 109 cm³/mol. The third-order valence-electron chi connectivity index (χ3n) is 4.15. The van der Waals surface area contributed by atoms with Crippen molar-refractivity contribution >= 4 is 68.1 Å². The molecule has 4 aromatic rings. The van der Waals surface area contributed by atoms with Crippen LogP contribution in [0.5, 0.6) is 0 Å². The number of hydrogen-bond donors (Lipinski definition) is 3. The molecule has 0 spiro atoms. The van der Waals surface area contributed by atoms with Crippen LogP contribution in [0.15, 0.2) is 36.4 Å². The highest BCUT2D eigenvalue weighted by Crippen LogP contribution is 2.36. The van der Waals surface area contributed by atoms with Crippen molar-refractivity contribution in [3.05, 3.63) is 57.2 Å². The fraction of sp³-hybridized carbons (Fsp3) is 0.111. The van der Waals surface area contributed by atoms with Crippen molar-refractivity contribution in [3.8, 4) is 0 Å². The minimum Gasteiger partial charge on any atom is -0.354 e. The summed E-state index contributed by atoms with van der Waals surface area (Å²) in [4.78, 5) is 3.43. The van der Waals surface area contributed by atoms with Gasteiger partial charge in [0.2, 0.25) is 0 Å². The van der Waals surface area contributed by atoms with E-state index in [1.54, 1.807) is 12.1 Å². The second kappa shape index (κ2) is 6.93. The second-order valence-corrected chi connectivity index (χ2v) is 7.10. The maximum atomic E-state index is 6.22. The van der Waals surface area contributed by atoms with Gasteiger partial charge in [-0.3, -0.25) is 0 Å². The fourth-order valence-corrected chi connectivity index (χ4v) is 3.45. The number of nitrogens with one attached hydrogen (secondary N) is 2. The number of aromatic nitrogens is 3. The average Bonchev–Trinajstić information content (AvgIpc) is 2.96. The topological polar surface area (TPSA) is 79.6 Å². The van der Waals surface area contributed by atoms with Gasteiger partial charge in [0.1, 0.15) is 0 Å². The Labute approximate surface area is 164 Å². The van der Waals surface area contributed by atoms with Crippen LogP contribution < -0.4 is 11.1 Å². The number of rotatable bonds is 4. The summed E-state index contributed by atoms with van der Waals surface area (Å²) in [7, 11) is 0. The van der Waals surface area contributed by atoms with E-state index in [1.165, 1.54) is 0 Å². The molecule has 0 unspecified atom stereocenters. The Hall–Kier alpha value is -2.05. The Kier molecular flexibility index (Phi) is 4.63. The summed E-state index contributed by atoms with van der Waals surface area (Å²) in [6.07, 6.45) is 0.729. The first-order valence-corrected chi connectivity index (χ1v) is 9.08. The first-order chi connectivity index (χ1) is 12.5. The largest absolute Gasteiger partial charge is 0.354 e. The van der Waals surface area contributed by atoms with Gasteiger partial charge in [0.05, 0.1) is 10.0 Å². The molecular weight excluding hydrogens is 393 g/mol. The molecular formula is C18H14Cl3N5. The highest BCUT2D eigenvalue weighted by atomic mass is 35.5. The Bertz CT molecular complexity index is 1110. The molecule has 5 nitrogen and oxygen atoms in total. The maximum Gasteiger partial charge on any atom is 0.153 e. The van der Waals surface area contributed by atoms with E-state index < -0.39 is 0 Å². The van der Waals surface area contributed by atoms with Crippen molar-refractivity contribution in [2.24, 2.45) is 5.73 Å². The molecule has 8 heteroatoms. The Morgan fingerprint density at radius 3 is 2.50 bits per heavy atom. The van der Waals surface area contributed by atoms with Gasteiger partial charge in [0.15, 0.2) is 11.0 Å². The number of aromatic amines is 1. The zero-order chi connectivity index (χ0) is 18.3. The zero-order valence-electron chi connectivity index (χ0n) is 13.5. The van der Waals surface area contributed by atoms with Crippen molar-refractivity contribution < 1.29 is 0 Å². The van der Waals surface area contributed by atoms with Crippen LogP contribution in [0.1, 0.15) is 5.56 Å². The van der Waals surface area contributed by atoms with E-state index in [0.29, 0.717) is 27.6 Å². The van der Waals surface area contributed by atoms with Gasteiger partial charge in [-0.25, -0.2) is 0 Å². The number of anilines is 2. The van der Waals surface area contributed by atoms with Crippen molar-refractivity contribution in [1.82, 2.24) is 15.2 Å². The van der Waals surface area contributed by atoms with E-state index in [2.05, 4.69) is 20.5 Å². The number of benzene rings is 2. The van der Waals surface area contributed by atoms with Crippen molar-refractivity contribution in [2.75, 3.05) is 11.9 Å². The Morgan fingerprint density at radius 2 is 1.77 bits per heavy atom. The third-order valence-corrected chi connectivity index (χ3v) is 5.07. The summed E-state index contributed by atoms with van der Waals surface area (Å²) in [5, 5.41) is 14.6. The molecule has 132 valence electrons.